The quantitative estimate of drug-likeness (QED) is 0.860. The summed E-state index contributed by atoms with van der Waals surface area (Å²) in [6, 6.07) is 14.1. The Hall–Kier alpha value is -2.63. The van der Waals surface area contributed by atoms with Crippen molar-refractivity contribution >= 4 is 11.6 Å². The minimum atomic E-state index is -2.88. The van der Waals surface area contributed by atoms with Crippen molar-refractivity contribution in [3.63, 3.8) is 0 Å². The highest BCUT2D eigenvalue weighted by atomic mass is 19.3. The van der Waals surface area contributed by atoms with Gasteiger partial charge in [-0.25, -0.2) is 0 Å². The first-order chi connectivity index (χ1) is 10.1. The summed E-state index contributed by atoms with van der Waals surface area (Å²) in [7, 11) is 0. The van der Waals surface area contributed by atoms with Gasteiger partial charge in [0.25, 0.3) is 0 Å². The maximum Gasteiger partial charge on any atom is 0.387 e. The van der Waals surface area contributed by atoms with Crippen molar-refractivity contribution in [2.24, 2.45) is 5.73 Å². The number of carbonyl (C=O) groups is 1. The van der Waals surface area contributed by atoms with E-state index >= 15 is 0 Å². The molecule has 4 nitrogen and oxygen atoms in total. The lowest BCUT2D eigenvalue weighted by molar-refractivity contribution is -0.118. The van der Waals surface area contributed by atoms with E-state index in [2.05, 4.69) is 10.1 Å². The van der Waals surface area contributed by atoms with Gasteiger partial charge in [-0.1, -0.05) is 30.3 Å². The monoisotopic (exact) mass is 292 g/mol. The maximum atomic E-state index is 12.1. The Kier molecular flexibility index (Phi) is 4.71. The standard InChI is InChI=1S/C15H14F2N2O2/c16-15(17)21-12-8-6-10(7-9-12)13(14(18)20)19-11-4-2-1-3-5-11/h1-9,13,15,19H,(H2,18,20). The molecule has 0 aliphatic carbocycles. The van der Waals surface area contributed by atoms with Crippen molar-refractivity contribution in [3.05, 3.63) is 60.2 Å². The number of ether oxygens (including phenoxy) is 1. The summed E-state index contributed by atoms with van der Waals surface area (Å²) in [5, 5.41) is 2.99. The Bertz CT molecular complexity index is 588. The van der Waals surface area contributed by atoms with E-state index in [1.807, 2.05) is 18.2 Å². The van der Waals surface area contributed by atoms with Crippen molar-refractivity contribution in [3.8, 4) is 5.75 Å². The fraction of sp³-hybridized carbons (Fsp3) is 0.133. The molecule has 2 aromatic carbocycles. The molecular weight excluding hydrogens is 278 g/mol. The topological polar surface area (TPSA) is 64.4 Å². The molecule has 1 amide bonds. The Morgan fingerprint density at radius 2 is 1.67 bits per heavy atom. The van der Waals surface area contributed by atoms with Gasteiger partial charge in [0.2, 0.25) is 5.91 Å². The van der Waals surface area contributed by atoms with Crippen LogP contribution in [0.1, 0.15) is 11.6 Å². The molecule has 0 saturated heterocycles. The van der Waals surface area contributed by atoms with Crippen LogP contribution >= 0.6 is 0 Å². The van der Waals surface area contributed by atoms with Gasteiger partial charge in [0.15, 0.2) is 0 Å². The van der Waals surface area contributed by atoms with Gasteiger partial charge in [-0.3, -0.25) is 4.79 Å². The summed E-state index contributed by atoms with van der Waals surface area (Å²) in [6.07, 6.45) is 0. The number of benzene rings is 2. The summed E-state index contributed by atoms with van der Waals surface area (Å²) in [5.41, 5.74) is 6.68. The number of alkyl halides is 2. The lowest BCUT2D eigenvalue weighted by Gasteiger charge is -2.17. The fourth-order valence-electron chi connectivity index (χ4n) is 1.86. The van der Waals surface area contributed by atoms with E-state index in [9.17, 15) is 13.6 Å². The zero-order valence-electron chi connectivity index (χ0n) is 11.0. The summed E-state index contributed by atoms with van der Waals surface area (Å²) in [6.45, 7) is -2.88. The molecule has 3 N–H and O–H groups in total. The van der Waals surface area contributed by atoms with Crippen LogP contribution in [0.3, 0.4) is 0 Å². The molecule has 0 aliphatic heterocycles. The van der Waals surface area contributed by atoms with Gasteiger partial charge in [-0.05, 0) is 29.8 Å². The molecule has 0 aromatic heterocycles. The highest BCUT2D eigenvalue weighted by Gasteiger charge is 2.17. The average Bonchev–Trinajstić information content (AvgIpc) is 2.46. The molecule has 0 spiro atoms. The van der Waals surface area contributed by atoms with Crippen LogP contribution in [0.4, 0.5) is 14.5 Å². The number of nitrogens with two attached hydrogens (primary N) is 1. The number of hydrogen-bond donors (Lipinski definition) is 2. The number of hydrogen-bond acceptors (Lipinski definition) is 3. The number of nitrogens with one attached hydrogen (secondary N) is 1. The predicted octanol–water partition coefficient (Wildman–Crippen LogP) is 2.93. The molecule has 1 unspecified atom stereocenters. The van der Waals surface area contributed by atoms with Gasteiger partial charge in [-0.2, -0.15) is 8.78 Å². The van der Waals surface area contributed by atoms with Crippen LogP contribution in [0.15, 0.2) is 54.6 Å². The van der Waals surface area contributed by atoms with Gasteiger partial charge >= 0.3 is 6.61 Å². The molecule has 1 atom stereocenters. The predicted molar refractivity (Wildman–Crippen MR) is 75.1 cm³/mol. The third-order valence-electron chi connectivity index (χ3n) is 2.81. The zero-order chi connectivity index (χ0) is 15.2. The van der Waals surface area contributed by atoms with E-state index in [-0.39, 0.29) is 5.75 Å². The number of rotatable bonds is 6. The lowest BCUT2D eigenvalue weighted by atomic mass is 10.1. The van der Waals surface area contributed by atoms with Gasteiger partial charge in [0.05, 0.1) is 0 Å². The van der Waals surface area contributed by atoms with Crippen LogP contribution in [0.5, 0.6) is 5.75 Å². The highest BCUT2D eigenvalue weighted by molar-refractivity contribution is 5.84. The van der Waals surface area contributed by atoms with E-state index in [0.29, 0.717) is 5.56 Å². The molecule has 0 radical (unpaired) electrons. The van der Waals surface area contributed by atoms with Crippen LogP contribution < -0.4 is 15.8 Å². The van der Waals surface area contributed by atoms with Crippen LogP contribution in [-0.2, 0) is 4.79 Å². The van der Waals surface area contributed by atoms with Crippen LogP contribution in [0, 0.1) is 0 Å². The van der Waals surface area contributed by atoms with Crippen LogP contribution in [0.2, 0.25) is 0 Å². The summed E-state index contributed by atoms with van der Waals surface area (Å²) >= 11 is 0. The van der Waals surface area contributed by atoms with Crippen molar-refractivity contribution < 1.29 is 18.3 Å². The molecule has 6 heteroatoms. The smallest absolute Gasteiger partial charge is 0.387 e. The number of amides is 1. The second-order valence-electron chi connectivity index (χ2n) is 4.29. The Labute approximate surface area is 120 Å². The molecule has 0 heterocycles. The first-order valence-corrected chi connectivity index (χ1v) is 6.22. The minimum Gasteiger partial charge on any atom is -0.435 e. The van der Waals surface area contributed by atoms with Gasteiger partial charge in [0, 0.05) is 5.69 Å². The average molecular weight is 292 g/mol. The number of halogens is 2. The molecule has 0 aliphatic rings. The maximum absolute atomic E-state index is 12.1. The second kappa shape index (κ2) is 6.69. The first-order valence-electron chi connectivity index (χ1n) is 6.22. The Balaban J connectivity index is 2.16. The van der Waals surface area contributed by atoms with Crippen molar-refractivity contribution in [1.82, 2.24) is 0 Å². The normalized spacial score (nSPS) is 12.0. The molecule has 0 saturated carbocycles. The van der Waals surface area contributed by atoms with Gasteiger partial charge in [-0.15, -0.1) is 0 Å². The molecule has 0 fully saturated rings. The van der Waals surface area contributed by atoms with E-state index in [4.69, 9.17) is 5.73 Å². The fourth-order valence-corrected chi connectivity index (χ4v) is 1.86. The summed E-state index contributed by atoms with van der Waals surface area (Å²) < 4.78 is 28.4. The second-order valence-corrected chi connectivity index (χ2v) is 4.29. The number of para-hydroxylation sites is 1. The number of carbonyl (C=O) groups excluding carboxylic acids is 1. The van der Waals surface area contributed by atoms with Gasteiger partial charge in [0.1, 0.15) is 11.8 Å². The molecule has 21 heavy (non-hydrogen) atoms. The molecular formula is C15H14F2N2O2. The van der Waals surface area contributed by atoms with Crippen molar-refractivity contribution in [2.45, 2.75) is 12.7 Å². The lowest BCUT2D eigenvalue weighted by Crippen LogP contribution is -2.27. The van der Waals surface area contributed by atoms with E-state index in [0.717, 1.165) is 5.69 Å². The summed E-state index contributed by atoms with van der Waals surface area (Å²) in [4.78, 5) is 11.6. The SMILES string of the molecule is NC(=O)C(Nc1ccccc1)c1ccc(OC(F)F)cc1. The minimum absolute atomic E-state index is 0.0247. The Morgan fingerprint density at radius 3 is 2.19 bits per heavy atom. The van der Waals surface area contributed by atoms with Crippen LogP contribution in [-0.4, -0.2) is 12.5 Å². The van der Waals surface area contributed by atoms with Gasteiger partial charge < -0.3 is 15.8 Å². The third kappa shape index (κ3) is 4.17. The largest absolute Gasteiger partial charge is 0.435 e. The highest BCUT2D eigenvalue weighted by Crippen LogP contribution is 2.22. The van der Waals surface area contributed by atoms with E-state index < -0.39 is 18.6 Å². The number of primary amides is 1. The van der Waals surface area contributed by atoms with E-state index in [1.165, 1.54) is 24.3 Å². The first kappa shape index (κ1) is 14.8. The zero-order valence-corrected chi connectivity index (χ0v) is 11.0. The summed E-state index contributed by atoms with van der Waals surface area (Å²) in [5.74, 6) is -0.543. The Morgan fingerprint density at radius 1 is 1.05 bits per heavy atom. The van der Waals surface area contributed by atoms with E-state index in [1.54, 1.807) is 12.1 Å². The van der Waals surface area contributed by atoms with Crippen molar-refractivity contribution in [2.75, 3.05) is 5.32 Å². The molecule has 2 aromatic rings. The molecule has 2 rings (SSSR count). The van der Waals surface area contributed by atoms with Crippen molar-refractivity contribution in [1.29, 1.82) is 0 Å². The van der Waals surface area contributed by atoms with Crippen LogP contribution in [0.25, 0.3) is 0 Å². The molecule has 110 valence electrons. The third-order valence-corrected chi connectivity index (χ3v) is 2.81. The number of anilines is 1. The molecule has 0 bridgehead atoms.